The maximum atomic E-state index is 12.6. The Kier molecular flexibility index (Phi) is 4.99. The number of aryl methyl sites for hydroxylation is 2. The van der Waals surface area contributed by atoms with Crippen LogP contribution in [0.3, 0.4) is 0 Å². The molecular formula is C19H21N3O3S. The maximum absolute atomic E-state index is 12.6. The minimum absolute atomic E-state index is 0.218. The van der Waals surface area contributed by atoms with Gasteiger partial charge in [0.05, 0.1) is 19.9 Å². The van der Waals surface area contributed by atoms with E-state index in [4.69, 9.17) is 15.2 Å². The normalized spacial score (nSPS) is 10.8. The van der Waals surface area contributed by atoms with Gasteiger partial charge in [0.15, 0.2) is 0 Å². The van der Waals surface area contributed by atoms with Gasteiger partial charge >= 0.3 is 0 Å². The first kappa shape index (κ1) is 18.0. The minimum Gasteiger partial charge on any atom is -0.497 e. The Labute approximate surface area is 155 Å². The van der Waals surface area contributed by atoms with Crippen LogP contribution in [0, 0.1) is 13.8 Å². The number of hydrogen-bond acceptors (Lipinski definition) is 6. The van der Waals surface area contributed by atoms with Crippen molar-refractivity contribution < 1.29 is 14.3 Å². The molecule has 0 aliphatic carbocycles. The van der Waals surface area contributed by atoms with Crippen molar-refractivity contribution in [2.45, 2.75) is 20.4 Å². The second-order valence-corrected chi connectivity index (χ2v) is 7.01. The molecule has 1 amide bonds. The highest BCUT2D eigenvalue weighted by Crippen LogP contribution is 2.35. The second kappa shape index (κ2) is 7.21. The molecule has 0 radical (unpaired) electrons. The van der Waals surface area contributed by atoms with Gasteiger partial charge in [0.1, 0.15) is 21.2 Å². The van der Waals surface area contributed by atoms with Crippen LogP contribution in [0.15, 0.2) is 24.3 Å². The van der Waals surface area contributed by atoms with Gasteiger partial charge in [-0.25, -0.2) is 4.98 Å². The molecule has 7 heteroatoms. The average Bonchev–Trinajstić information content (AvgIpc) is 2.95. The number of ether oxygens (including phenoxy) is 2. The van der Waals surface area contributed by atoms with E-state index in [0.717, 1.165) is 27.0 Å². The van der Waals surface area contributed by atoms with Gasteiger partial charge in [-0.1, -0.05) is 0 Å². The van der Waals surface area contributed by atoms with Crippen LogP contribution in [0.1, 0.15) is 26.5 Å². The van der Waals surface area contributed by atoms with E-state index < -0.39 is 0 Å². The number of thiophene rings is 1. The highest BCUT2D eigenvalue weighted by Gasteiger charge is 2.19. The van der Waals surface area contributed by atoms with E-state index in [1.807, 2.05) is 32.0 Å². The number of anilines is 1. The number of nitrogens with two attached hydrogens (primary N) is 1. The summed E-state index contributed by atoms with van der Waals surface area (Å²) in [4.78, 5) is 18.4. The van der Waals surface area contributed by atoms with Crippen molar-refractivity contribution in [3.8, 4) is 11.5 Å². The highest BCUT2D eigenvalue weighted by molar-refractivity contribution is 7.21. The van der Waals surface area contributed by atoms with Gasteiger partial charge in [0.25, 0.3) is 5.91 Å². The fraction of sp³-hybridized carbons (Fsp3) is 0.263. The van der Waals surface area contributed by atoms with Crippen molar-refractivity contribution >= 4 is 33.1 Å². The van der Waals surface area contributed by atoms with Crippen molar-refractivity contribution in [3.63, 3.8) is 0 Å². The first-order valence-electron chi connectivity index (χ1n) is 8.09. The lowest BCUT2D eigenvalue weighted by molar-refractivity contribution is 0.0955. The van der Waals surface area contributed by atoms with Crippen molar-refractivity contribution in [1.29, 1.82) is 0 Å². The highest BCUT2D eigenvalue weighted by atomic mass is 32.1. The van der Waals surface area contributed by atoms with Crippen LogP contribution < -0.4 is 20.5 Å². The van der Waals surface area contributed by atoms with Crippen LogP contribution >= 0.6 is 11.3 Å². The Morgan fingerprint density at radius 2 is 1.81 bits per heavy atom. The van der Waals surface area contributed by atoms with Crippen LogP contribution in [0.5, 0.6) is 11.5 Å². The third kappa shape index (κ3) is 3.43. The lowest BCUT2D eigenvalue weighted by Gasteiger charge is -2.09. The Hall–Kier alpha value is -2.80. The van der Waals surface area contributed by atoms with Gasteiger partial charge in [0, 0.05) is 23.7 Å². The molecule has 0 spiro atoms. The van der Waals surface area contributed by atoms with E-state index in [9.17, 15) is 4.79 Å². The van der Waals surface area contributed by atoms with Gasteiger partial charge in [-0.15, -0.1) is 11.3 Å². The van der Waals surface area contributed by atoms with E-state index in [0.29, 0.717) is 28.6 Å². The zero-order chi connectivity index (χ0) is 18.8. The molecule has 3 aromatic rings. The van der Waals surface area contributed by atoms with Gasteiger partial charge in [-0.2, -0.15) is 0 Å². The number of nitrogens with one attached hydrogen (secondary N) is 1. The summed E-state index contributed by atoms with van der Waals surface area (Å²) in [6, 6.07) is 7.46. The number of hydrogen-bond donors (Lipinski definition) is 2. The molecule has 0 bridgehead atoms. The Morgan fingerprint density at radius 3 is 2.42 bits per heavy atom. The van der Waals surface area contributed by atoms with Crippen LogP contribution in [-0.2, 0) is 6.54 Å². The molecule has 0 unspecified atom stereocenters. The molecule has 1 aromatic carbocycles. The number of pyridine rings is 1. The molecule has 2 heterocycles. The standard InChI is InChI=1S/C19H21N3O3S/c1-10-5-11(2)22-19-15(10)16(20)17(26-19)18(23)21-9-12-6-13(24-3)8-14(7-12)25-4/h5-8H,9,20H2,1-4H3,(H,21,23). The smallest absolute Gasteiger partial charge is 0.263 e. The lowest BCUT2D eigenvalue weighted by Crippen LogP contribution is -2.22. The first-order valence-corrected chi connectivity index (χ1v) is 8.91. The Morgan fingerprint density at radius 1 is 1.15 bits per heavy atom. The number of rotatable bonds is 5. The maximum Gasteiger partial charge on any atom is 0.263 e. The summed E-state index contributed by atoms with van der Waals surface area (Å²) >= 11 is 1.31. The second-order valence-electron chi connectivity index (χ2n) is 6.01. The quantitative estimate of drug-likeness (QED) is 0.717. The molecule has 0 atom stereocenters. The predicted octanol–water partition coefficient (Wildman–Crippen LogP) is 3.44. The summed E-state index contributed by atoms with van der Waals surface area (Å²) in [5, 5.41) is 3.76. The summed E-state index contributed by atoms with van der Waals surface area (Å²) in [5.41, 5.74) is 9.51. The summed E-state index contributed by atoms with van der Waals surface area (Å²) in [6.45, 7) is 4.24. The number of carbonyl (C=O) groups is 1. The van der Waals surface area contributed by atoms with E-state index in [-0.39, 0.29) is 5.91 Å². The van der Waals surface area contributed by atoms with Crippen molar-refractivity contribution in [2.24, 2.45) is 0 Å². The molecule has 0 saturated heterocycles. The summed E-state index contributed by atoms with van der Waals surface area (Å²) in [5.74, 6) is 1.12. The van der Waals surface area contributed by atoms with Gasteiger partial charge in [-0.3, -0.25) is 4.79 Å². The van der Waals surface area contributed by atoms with Gasteiger partial charge in [0.2, 0.25) is 0 Å². The molecule has 6 nitrogen and oxygen atoms in total. The molecule has 26 heavy (non-hydrogen) atoms. The molecule has 0 fully saturated rings. The van der Waals surface area contributed by atoms with Crippen molar-refractivity contribution in [1.82, 2.24) is 10.3 Å². The molecule has 136 valence electrons. The Bertz CT molecular complexity index is 960. The van der Waals surface area contributed by atoms with E-state index in [1.54, 1.807) is 20.3 Å². The first-order chi connectivity index (χ1) is 12.4. The van der Waals surface area contributed by atoms with Crippen LogP contribution in [0.25, 0.3) is 10.2 Å². The SMILES string of the molecule is COc1cc(CNC(=O)c2sc3nc(C)cc(C)c3c2N)cc(OC)c1. The number of fused-ring (bicyclic) bond motifs is 1. The lowest BCUT2D eigenvalue weighted by atomic mass is 10.1. The minimum atomic E-state index is -0.218. The molecule has 0 saturated carbocycles. The van der Waals surface area contributed by atoms with Gasteiger partial charge < -0.3 is 20.5 Å². The molecule has 3 rings (SSSR count). The zero-order valence-corrected chi connectivity index (χ0v) is 16.0. The number of benzene rings is 1. The number of amides is 1. The number of aromatic nitrogens is 1. The van der Waals surface area contributed by atoms with E-state index >= 15 is 0 Å². The summed E-state index contributed by atoms with van der Waals surface area (Å²) in [7, 11) is 3.18. The fourth-order valence-corrected chi connectivity index (χ4v) is 4.00. The van der Waals surface area contributed by atoms with E-state index in [2.05, 4.69) is 10.3 Å². The molecule has 0 aliphatic heterocycles. The molecule has 3 N–H and O–H groups in total. The fourth-order valence-electron chi connectivity index (χ4n) is 2.87. The Balaban J connectivity index is 1.84. The van der Waals surface area contributed by atoms with Crippen LogP contribution in [-0.4, -0.2) is 25.1 Å². The van der Waals surface area contributed by atoms with Crippen LogP contribution in [0.4, 0.5) is 5.69 Å². The molecular weight excluding hydrogens is 350 g/mol. The largest absolute Gasteiger partial charge is 0.497 e. The van der Waals surface area contributed by atoms with E-state index in [1.165, 1.54) is 11.3 Å². The topological polar surface area (TPSA) is 86.5 Å². The monoisotopic (exact) mass is 371 g/mol. The average molecular weight is 371 g/mol. The number of nitrogen functional groups attached to an aromatic ring is 1. The van der Waals surface area contributed by atoms with Gasteiger partial charge in [-0.05, 0) is 43.2 Å². The predicted molar refractivity (Wildman–Crippen MR) is 104 cm³/mol. The molecule has 0 aliphatic rings. The van der Waals surface area contributed by atoms with Crippen molar-refractivity contribution in [2.75, 3.05) is 20.0 Å². The van der Waals surface area contributed by atoms with Crippen molar-refractivity contribution in [3.05, 3.63) is 46.0 Å². The van der Waals surface area contributed by atoms with Crippen LogP contribution in [0.2, 0.25) is 0 Å². The summed E-state index contributed by atoms with van der Waals surface area (Å²) in [6.07, 6.45) is 0. The molecule has 2 aromatic heterocycles. The third-order valence-electron chi connectivity index (χ3n) is 4.09. The summed E-state index contributed by atoms with van der Waals surface area (Å²) < 4.78 is 10.5. The zero-order valence-electron chi connectivity index (χ0n) is 15.2. The third-order valence-corrected chi connectivity index (χ3v) is 5.19. The number of nitrogens with zero attached hydrogens (tertiary/aromatic N) is 1. The number of carbonyl (C=O) groups excluding carboxylic acids is 1. The number of methoxy groups -OCH3 is 2.